The van der Waals surface area contributed by atoms with E-state index < -0.39 is 0 Å². The molecule has 2 rings (SSSR count). The number of carbonyl (C=O) groups excluding carboxylic acids is 1. The number of thioether (sulfide) groups is 1. The molecule has 0 spiro atoms. The van der Waals surface area contributed by atoms with Gasteiger partial charge in [-0.25, -0.2) is 0 Å². The first kappa shape index (κ1) is 14.3. The van der Waals surface area contributed by atoms with Gasteiger partial charge in [-0.1, -0.05) is 34.7 Å². The second kappa shape index (κ2) is 7.49. The van der Waals surface area contributed by atoms with Crippen LogP contribution in [0.3, 0.4) is 0 Å². The van der Waals surface area contributed by atoms with Crippen LogP contribution >= 0.6 is 23.1 Å². The van der Waals surface area contributed by atoms with E-state index in [1.165, 1.54) is 54.4 Å². The minimum Gasteiger partial charge on any atom is -0.374 e. The first-order valence-corrected chi connectivity index (χ1v) is 8.20. The van der Waals surface area contributed by atoms with Crippen LogP contribution in [-0.4, -0.2) is 28.4 Å². The van der Waals surface area contributed by atoms with Gasteiger partial charge in [-0.3, -0.25) is 4.79 Å². The van der Waals surface area contributed by atoms with E-state index in [0.29, 0.717) is 10.9 Å². The standard InChI is InChI=1S/C12H18N4OS2/c13-11-15-16-12(19-11)18-8-10(17)14-7-6-9-4-2-1-3-5-9/h4H,1-3,5-8H2,(H2,13,15)(H,14,17). The van der Waals surface area contributed by atoms with Gasteiger partial charge in [0.2, 0.25) is 11.0 Å². The molecule has 1 aliphatic rings. The molecule has 0 bridgehead atoms. The van der Waals surface area contributed by atoms with Gasteiger partial charge in [-0.2, -0.15) is 0 Å². The van der Waals surface area contributed by atoms with E-state index in [2.05, 4.69) is 21.6 Å². The topological polar surface area (TPSA) is 80.9 Å². The van der Waals surface area contributed by atoms with Gasteiger partial charge < -0.3 is 11.1 Å². The van der Waals surface area contributed by atoms with Crippen molar-refractivity contribution in [1.82, 2.24) is 15.5 Å². The molecule has 1 aliphatic carbocycles. The van der Waals surface area contributed by atoms with Gasteiger partial charge in [-0.15, -0.1) is 10.2 Å². The Labute approximate surface area is 121 Å². The van der Waals surface area contributed by atoms with E-state index in [1.807, 2.05) is 0 Å². The van der Waals surface area contributed by atoms with Gasteiger partial charge in [0, 0.05) is 6.54 Å². The lowest BCUT2D eigenvalue weighted by Gasteiger charge is -2.12. The summed E-state index contributed by atoms with van der Waals surface area (Å²) < 4.78 is 0.739. The van der Waals surface area contributed by atoms with E-state index in [9.17, 15) is 4.79 Å². The highest BCUT2D eigenvalue weighted by atomic mass is 32.2. The van der Waals surface area contributed by atoms with Crippen molar-refractivity contribution in [1.29, 1.82) is 0 Å². The number of nitrogens with zero attached hydrogens (tertiary/aromatic N) is 2. The fourth-order valence-electron chi connectivity index (χ4n) is 1.95. The predicted octanol–water partition coefficient (Wildman–Crippen LogP) is 2.22. The predicted molar refractivity (Wildman–Crippen MR) is 79.2 cm³/mol. The second-order valence-corrected chi connectivity index (χ2v) is 6.63. The van der Waals surface area contributed by atoms with Gasteiger partial charge in [0.1, 0.15) is 0 Å². The van der Waals surface area contributed by atoms with E-state index in [4.69, 9.17) is 5.73 Å². The van der Waals surface area contributed by atoms with Crippen LogP contribution in [0.15, 0.2) is 16.0 Å². The molecule has 0 saturated heterocycles. The molecule has 0 aliphatic heterocycles. The zero-order valence-corrected chi connectivity index (χ0v) is 12.4. The Morgan fingerprint density at radius 3 is 3.05 bits per heavy atom. The van der Waals surface area contributed by atoms with Gasteiger partial charge in [-0.05, 0) is 32.1 Å². The number of anilines is 1. The number of rotatable bonds is 6. The number of aromatic nitrogens is 2. The van der Waals surface area contributed by atoms with Crippen molar-refractivity contribution < 1.29 is 4.79 Å². The number of amides is 1. The number of hydrogen-bond acceptors (Lipinski definition) is 6. The highest BCUT2D eigenvalue weighted by molar-refractivity contribution is 8.01. The molecule has 1 aromatic rings. The van der Waals surface area contributed by atoms with Crippen molar-refractivity contribution in [2.45, 2.75) is 36.4 Å². The number of hydrogen-bond donors (Lipinski definition) is 2. The first-order chi connectivity index (χ1) is 9.24. The summed E-state index contributed by atoms with van der Waals surface area (Å²) in [6.45, 7) is 0.726. The van der Waals surface area contributed by atoms with Gasteiger partial charge in [0.25, 0.3) is 0 Å². The van der Waals surface area contributed by atoms with Crippen LogP contribution in [0.25, 0.3) is 0 Å². The van der Waals surface area contributed by atoms with Crippen LogP contribution in [0.5, 0.6) is 0 Å². The van der Waals surface area contributed by atoms with Crippen molar-refractivity contribution >= 4 is 34.1 Å². The van der Waals surface area contributed by atoms with Gasteiger partial charge >= 0.3 is 0 Å². The van der Waals surface area contributed by atoms with E-state index in [1.54, 1.807) is 0 Å². The summed E-state index contributed by atoms with van der Waals surface area (Å²) in [6.07, 6.45) is 8.26. The Morgan fingerprint density at radius 1 is 1.47 bits per heavy atom. The minimum absolute atomic E-state index is 0.0372. The highest BCUT2D eigenvalue weighted by Crippen LogP contribution is 2.23. The molecule has 0 atom stereocenters. The van der Waals surface area contributed by atoms with Crippen molar-refractivity contribution in [3.8, 4) is 0 Å². The summed E-state index contributed by atoms with van der Waals surface area (Å²) >= 11 is 2.68. The molecule has 1 amide bonds. The Bertz CT molecular complexity index is 458. The maximum absolute atomic E-state index is 11.6. The second-order valence-electron chi connectivity index (χ2n) is 4.40. The monoisotopic (exact) mass is 298 g/mol. The largest absolute Gasteiger partial charge is 0.374 e. The molecule has 19 heavy (non-hydrogen) atoms. The van der Waals surface area contributed by atoms with Gasteiger partial charge in [0.05, 0.1) is 5.75 Å². The molecule has 1 aromatic heterocycles. The lowest BCUT2D eigenvalue weighted by molar-refractivity contribution is -0.118. The molecular weight excluding hydrogens is 280 g/mol. The smallest absolute Gasteiger partial charge is 0.230 e. The van der Waals surface area contributed by atoms with Crippen molar-refractivity contribution in [3.63, 3.8) is 0 Å². The summed E-state index contributed by atoms with van der Waals surface area (Å²) in [7, 11) is 0. The van der Waals surface area contributed by atoms with Crippen LogP contribution < -0.4 is 11.1 Å². The first-order valence-electron chi connectivity index (χ1n) is 6.40. The van der Waals surface area contributed by atoms with E-state index in [0.717, 1.165) is 17.3 Å². The maximum Gasteiger partial charge on any atom is 0.230 e. The van der Waals surface area contributed by atoms with E-state index >= 15 is 0 Å². The van der Waals surface area contributed by atoms with Gasteiger partial charge in [0.15, 0.2) is 4.34 Å². The molecule has 0 saturated carbocycles. The summed E-state index contributed by atoms with van der Waals surface area (Å²) in [6, 6.07) is 0. The molecule has 3 N–H and O–H groups in total. The lowest BCUT2D eigenvalue weighted by Crippen LogP contribution is -2.26. The zero-order valence-electron chi connectivity index (χ0n) is 10.7. The Kier molecular flexibility index (Phi) is 5.65. The summed E-state index contributed by atoms with van der Waals surface area (Å²) in [5, 5.41) is 10.9. The van der Waals surface area contributed by atoms with Crippen LogP contribution in [0.2, 0.25) is 0 Å². The highest BCUT2D eigenvalue weighted by Gasteiger charge is 2.07. The average molecular weight is 298 g/mol. The average Bonchev–Trinajstić information content (AvgIpc) is 2.83. The van der Waals surface area contributed by atoms with Crippen LogP contribution in [0.4, 0.5) is 5.13 Å². The quantitative estimate of drug-likeness (QED) is 0.621. The van der Waals surface area contributed by atoms with Crippen molar-refractivity contribution in [3.05, 3.63) is 11.6 Å². The fraction of sp³-hybridized carbons (Fsp3) is 0.583. The molecule has 0 radical (unpaired) electrons. The summed E-state index contributed by atoms with van der Waals surface area (Å²) in [5.41, 5.74) is 6.96. The Hall–Kier alpha value is -1.08. The number of nitrogens with two attached hydrogens (primary N) is 1. The van der Waals surface area contributed by atoms with Crippen LogP contribution in [-0.2, 0) is 4.79 Å². The third kappa shape index (κ3) is 5.20. The Balaban J connectivity index is 1.60. The molecule has 104 valence electrons. The lowest BCUT2D eigenvalue weighted by atomic mass is 9.97. The maximum atomic E-state index is 11.6. The van der Waals surface area contributed by atoms with E-state index in [-0.39, 0.29) is 5.91 Å². The number of carbonyl (C=O) groups is 1. The molecule has 0 aromatic carbocycles. The summed E-state index contributed by atoms with van der Waals surface area (Å²) in [5.74, 6) is 0.406. The fourth-order valence-corrected chi connectivity index (χ4v) is 3.42. The van der Waals surface area contributed by atoms with Crippen LogP contribution in [0, 0.1) is 0 Å². The van der Waals surface area contributed by atoms with Crippen LogP contribution in [0.1, 0.15) is 32.1 Å². The molecule has 5 nitrogen and oxygen atoms in total. The number of nitrogens with one attached hydrogen (secondary N) is 1. The number of allylic oxidation sites excluding steroid dienone is 1. The molecule has 0 fully saturated rings. The SMILES string of the molecule is Nc1nnc(SCC(=O)NCCC2=CCCCC2)s1. The summed E-state index contributed by atoms with van der Waals surface area (Å²) in [4.78, 5) is 11.6. The number of nitrogen functional groups attached to an aromatic ring is 1. The van der Waals surface area contributed by atoms with Crippen molar-refractivity contribution in [2.24, 2.45) is 0 Å². The van der Waals surface area contributed by atoms with Crippen molar-refractivity contribution in [2.75, 3.05) is 18.0 Å². The molecule has 1 heterocycles. The molecule has 0 unspecified atom stereocenters. The Morgan fingerprint density at radius 2 is 2.37 bits per heavy atom. The molecular formula is C12H18N4OS2. The molecule has 7 heteroatoms. The normalized spacial score (nSPS) is 15.1. The third-order valence-corrected chi connectivity index (χ3v) is 4.79. The minimum atomic E-state index is 0.0372. The third-order valence-electron chi connectivity index (χ3n) is 2.90. The zero-order chi connectivity index (χ0) is 13.5.